The summed E-state index contributed by atoms with van der Waals surface area (Å²) in [7, 11) is 0. The van der Waals surface area contributed by atoms with E-state index in [0.717, 1.165) is 16.0 Å². The molecule has 34 heavy (non-hydrogen) atoms. The fraction of sp³-hybridized carbons (Fsp3) is 0.0800. The highest BCUT2D eigenvalue weighted by Gasteiger charge is 2.16. The Labute approximate surface area is 206 Å². The van der Waals surface area contributed by atoms with Gasteiger partial charge >= 0.3 is 0 Å². The van der Waals surface area contributed by atoms with Crippen molar-refractivity contribution in [3.05, 3.63) is 94.7 Å². The molecule has 4 rings (SSSR count). The molecule has 0 aliphatic heterocycles. The number of anilines is 1. The first-order valence-electron chi connectivity index (χ1n) is 10.3. The third kappa shape index (κ3) is 5.24. The van der Waals surface area contributed by atoms with Gasteiger partial charge in [-0.1, -0.05) is 42.6 Å². The van der Waals surface area contributed by atoms with E-state index in [1.54, 1.807) is 36.7 Å². The molecule has 3 N–H and O–H groups in total. The molecule has 3 heterocycles. The lowest BCUT2D eigenvalue weighted by atomic mass is 10.1. The summed E-state index contributed by atoms with van der Waals surface area (Å²) in [5.74, 6) is 1.15. The Hall–Kier alpha value is -3.75. The molecule has 0 aliphatic carbocycles. The van der Waals surface area contributed by atoms with Crippen LogP contribution in [0.5, 0.6) is 5.75 Å². The van der Waals surface area contributed by atoms with Gasteiger partial charge in [-0.15, -0.1) is 0 Å². The summed E-state index contributed by atoms with van der Waals surface area (Å²) in [5, 5.41) is 24.2. The Balaban J connectivity index is 1.71. The average molecular weight is 492 g/mol. The molecule has 3 aromatic heterocycles. The number of hydrogen-bond donors (Lipinski definition) is 3. The van der Waals surface area contributed by atoms with Crippen molar-refractivity contribution in [2.75, 3.05) is 5.32 Å². The summed E-state index contributed by atoms with van der Waals surface area (Å²) in [4.78, 5) is 8.77. The number of benzene rings is 1. The van der Waals surface area contributed by atoms with E-state index in [-0.39, 0.29) is 12.4 Å². The molecule has 0 aliphatic rings. The Bertz CT molecular complexity index is 1380. The number of H-pyrrole nitrogens is 1. The van der Waals surface area contributed by atoms with Gasteiger partial charge in [0.1, 0.15) is 23.6 Å². The fourth-order valence-electron chi connectivity index (χ4n) is 3.18. The highest BCUT2D eigenvalue weighted by Crippen LogP contribution is 2.37. The molecule has 1 aromatic carbocycles. The number of hydrogen-bond acceptors (Lipinski definition) is 7. The molecule has 0 unspecified atom stereocenters. The Morgan fingerprint density at radius 1 is 1.26 bits per heavy atom. The molecule has 172 valence electrons. The predicted molar refractivity (Wildman–Crippen MR) is 140 cm³/mol. The third-order valence-corrected chi connectivity index (χ3v) is 5.91. The van der Waals surface area contributed by atoms with Crippen molar-refractivity contribution in [2.24, 2.45) is 0 Å². The van der Waals surface area contributed by atoms with Crippen LogP contribution in [0.15, 0.2) is 78.5 Å². The predicted octanol–water partition coefficient (Wildman–Crippen LogP) is 6.93. The van der Waals surface area contributed by atoms with Gasteiger partial charge in [0.05, 0.1) is 21.4 Å². The van der Waals surface area contributed by atoms with Crippen LogP contribution < -0.4 is 10.1 Å². The normalized spacial score (nSPS) is 11.1. The summed E-state index contributed by atoms with van der Waals surface area (Å²) in [6, 6.07) is 10.9. The van der Waals surface area contributed by atoms with Crippen molar-refractivity contribution in [1.29, 1.82) is 0 Å². The number of aromatic nitrogens is 4. The van der Waals surface area contributed by atoms with Crippen LogP contribution in [-0.4, -0.2) is 25.3 Å². The standard InChI is InChI=1S/C25H22ClN5O2S/c1-4-10-34-16(3)29-25-20-11-18(23-21(26)6-5-9-27-23)12-22(24(20)30-31-25)33-14-19-8-7-17(13-28-19)15(2)32/h4-13,32H,2-3,14H2,1H3,(H2,29,30,31)/b10-4-. The molecular formula is C25H22ClN5O2S. The first-order valence-corrected chi connectivity index (χ1v) is 11.5. The van der Waals surface area contributed by atoms with Gasteiger partial charge < -0.3 is 15.2 Å². The van der Waals surface area contributed by atoms with E-state index in [0.29, 0.717) is 39.1 Å². The third-order valence-electron chi connectivity index (χ3n) is 4.81. The summed E-state index contributed by atoms with van der Waals surface area (Å²) >= 11 is 7.89. The van der Waals surface area contributed by atoms with E-state index in [9.17, 15) is 5.11 Å². The molecule has 0 bridgehead atoms. The number of aromatic amines is 1. The van der Waals surface area contributed by atoms with Crippen LogP contribution in [0, 0.1) is 0 Å². The van der Waals surface area contributed by atoms with E-state index in [2.05, 4.69) is 38.6 Å². The number of nitrogens with one attached hydrogen (secondary N) is 2. The summed E-state index contributed by atoms with van der Waals surface area (Å²) in [6.07, 6.45) is 5.17. The van der Waals surface area contributed by atoms with Gasteiger partial charge in [0.2, 0.25) is 0 Å². The number of halogens is 1. The fourth-order valence-corrected chi connectivity index (χ4v) is 3.86. The van der Waals surface area contributed by atoms with Crippen molar-refractivity contribution in [3.8, 4) is 17.0 Å². The Morgan fingerprint density at radius 2 is 2.12 bits per heavy atom. The second kappa shape index (κ2) is 10.5. The lowest BCUT2D eigenvalue weighted by molar-refractivity contribution is 0.304. The van der Waals surface area contributed by atoms with Crippen LogP contribution in [0.3, 0.4) is 0 Å². The highest BCUT2D eigenvalue weighted by molar-refractivity contribution is 8.05. The van der Waals surface area contributed by atoms with Gasteiger partial charge in [-0.05, 0) is 48.7 Å². The summed E-state index contributed by atoms with van der Waals surface area (Å²) in [6.45, 7) is 9.69. The van der Waals surface area contributed by atoms with E-state index >= 15 is 0 Å². The van der Waals surface area contributed by atoms with Gasteiger partial charge in [0.15, 0.2) is 5.82 Å². The molecule has 0 fully saturated rings. The molecule has 0 saturated carbocycles. The number of fused-ring (bicyclic) bond motifs is 1. The SMILES string of the molecule is C=C(Nc1n[nH]c2c(OCc3ccc(C(=C)O)cn3)cc(-c3ncccc3Cl)cc12)S/C=C\C. The first-order chi connectivity index (χ1) is 16.5. The van der Waals surface area contributed by atoms with Gasteiger partial charge in [-0.3, -0.25) is 15.1 Å². The van der Waals surface area contributed by atoms with Gasteiger partial charge in [0, 0.05) is 28.9 Å². The minimum Gasteiger partial charge on any atom is -0.508 e. The van der Waals surface area contributed by atoms with Crippen molar-refractivity contribution in [2.45, 2.75) is 13.5 Å². The van der Waals surface area contributed by atoms with Crippen molar-refractivity contribution >= 4 is 45.8 Å². The minimum atomic E-state index is -0.0340. The maximum absolute atomic E-state index is 9.50. The number of aliphatic hydroxyl groups excluding tert-OH is 1. The first kappa shape index (κ1) is 23.4. The van der Waals surface area contributed by atoms with E-state index in [1.807, 2.05) is 30.5 Å². The monoisotopic (exact) mass is 491 g/mol. The number of thioether (sulfide) groups is 1. The molecule has 0 radical (unpaired) electrons. The number of nitrogens with zero attached hydrogens (tertiary/aromatic N) is 3. The average Bonchev–Trinajstić information content (AvgIpc) is 3.24. The Morgan fingerprint density at radius 3 is 2.82 bits per heavy atom. The number of allylic oxidation sites excluding steroid dienone is 1. The van der Waals surface area contributed by atoms with Crippen LogP contribution >= 0.6 is 23.4 Å². The summed E-state index contributed by atoms with van der Waals surface area (Å²) in [5.41, 5.74) is 3.37. The van der Waals surface area contributed by atoms with E-state index < -0.39 is 0 Å². The molecule has 0 atom stereocenters. The lowest BCUT2D eigenvalue weighted by Crippen LogP contribution is -2.00. The number of pyridine rings is 2. The molecule has 7 nitrogen and oxygen atoms in total. The molecule has 0 spiro atoms. The van der Waals surface area contributed by atoms with Crippen LogP contribution in [0.4, 0.5) is 5.82 Å². The smallest absolute Gasteiger partial charge is 0.160 e. The molecule has 9 heteroatoms. The Kier molecular flexibility index (Phi) is 7.20. The molecule has 0 saturated heterocycles. The minimum absolute atomic E-state index is 0.0340. The maximum atomic E-state index is 9.50. The number of rotatable bonds is 9. The van der Waals surface area contributed by atoms with Gasteiger partial charge in [-0.25, -0.2) is 0 Å². The zero-order chi connectivity index (χ0) is 24.1. The zero-order valence-corrected chi connectivity index (χ0v) is 20.0. The van der Waals surface area contributed by atoms with Crippen molar-refractivity contribution in [3.63, 3.8) is 0 Å². The molecular weight excluding hydrogens is 470 g/mol. The van der Waals surface area contributed by atoms with E-state index in [4.69, 9.17) is 16.3 Å². The molecule has 0 amide bonds. The van der Waals surface area contributed by atoms with Crippen LogP contribution in [0.1, 0.15) is 18.2 Å². The van der Waals surface area contributed by atoms with E-state index in [1.165, 1.54) is 11.8 Å². The second-order valence-corrected chi connectivity index (χ2v) is 8.62. The van der Waals surface area contributed by atoms with Gasteiger partial charge in [-0.2, -0.15) is 5.10 Å². The van der Waals surface area contributed by atoms with Crippen LogP contribution in [0.25, 0.3) is 27.9 Å². The summed E-state index contributed by atoms with van der Waals surface area (Å²) < 4.78 is 6.13. The van der Waals surface area contributed by atoms with Gasteiger partial charge in [0.25, 0.3) is 0 Å². The maximum Gasteiger partial charge on any atom is 0.160 e. The lowest BCUT2D eigenvalue weighted by Gasteiger charge is -2.11. The largest absolute Gasteiger partial charge is 0.508 e. The van der Waals surface area contributed by atoms with Crippen molar-refractivity contribution < 1.29 is 9.84 Å². The van der Waals surface area contributed by atoms with Crippen LogP contribution in [-0.2, 0) is 6.61 Å². The topological polar surface area (TPSA) is 96.0 Å². The number of aliphatic hydroxyl groups is 1. The zero-order valence-electron chi connectivity index (χ0n) is 18.4. The van der Waals surface area contributed by atoms with Crippen molar-refractivity contribution in [1.82, 2.24) is 20.2 Å². The highest BCUT2D eigenvalue weighted by atomic mass is 35.5. The van der Waals surface area contributed by atoms with Crippen LogP contribution in [0.2, 0.25) is 5.02 Å². The quantitative estimate of drug-likeness (QED) is 0.218. The number of ether oxygens (including phenoxy) is 1. The molecule has 4 aromatic rings. The second-order valence-electron chi connectivity index (χ2n) is 7.21.